The van der Waals surface area contributed by atoms with Gasteiger partial charge in [-0.1, -0.05) is 0 Å². The summed E-state index contributed by atoms with van der Waals surface area (Å²) in [4.78, 5) is 16.5. The Morgan fingerprint density at radius 2 is 2.48 bits per heavy atom. The van der Waals surface area contributed by atoms with Gasteiger partial charge in [-0.3, -0.25) is 10.1 Å². The number of hydrogen-bond donors (Lipinski definition) is 1. The SMILES string of the molecule is C[C@@H](OC[C@H]1CCCCO1)C(=O)Nc1nc(-c2ccco2)cs1. The number of rotatable bonds is 6. The third-order valence-electron chi connectivity index (χ3n) is 3.68. The normalized spacial score (nSPS) is 19.4. The summed E-state index contributed by atoms with van der Waals surface area (Å²) < 4.78 is 16.5. The predicted octanol–water partition coefficient (Wildman–Crippen LogP) is 3.32. The van der Waals surface area contributed by atoms with Crippen LogP contribution in [0.1, 0.15) is 26.2 Å². The quantitative estimate of drug-likeness (QED) is 0.876. The molecule has 23 heavy (non-hydrogen) atoms. The van der Waals surface area contributed by atoms with Crippen LogP contribution < -0.4 is 5.32 Å². The minimum atomic E-state index is -0.545. The van der Waals surface area contributed by atoms with Gasteiger partial charge in [-0.25, -0.2) is 4.98 Å². The summed E-state index contributed by atoms with van der Waals surface area (Å²) in [5.74, 6) is 0.474. The van der Waals surface area contributed by atoms with Gasteiger partial charge in [0.05, 0.1) is 19.0 Å². The van der Waals surface area contributed by atoms with Crippen molar-refractivity contribution in [1.29, 1.82) is 0 Å². The van der Waals surface area contributed by atoms with Gasteiger partial charge in [0.25, 0.3) is 5.91 Å². The van der Waals surface area contributed by atoms with Gasteiger partial charge in [0.1, 0.15) is 11.8 Å². The highest BCUT2D eigenvalue weighted by Crippen LogP contribution is 2.25. The van der Waals surface area contributed by atoms with Crippen LogP contribution in [-0.4, -0.2) is 36.3 Å². The predicted molar refractivity (Wildman–Crippen MR) is 87.5 cm³/mol. The van der Waals surface area contributed by atoms with Crippen LogP contribution in [0.25, 0.3) is 11.5 Å². The Bertz CT molecular complexity index is 620. The molecule has 0 aromatic carbocycles. The molecule has 0 spiro atoms. The van der Waals surface area contributed by atoms with E-state index in [0.29, 0.717) is 23.2 Å². The number of furan rings is 1. The maximum atomic E-state index is 12.1. The van der Waals surface area contributed by atoms with E-state index < -0.39 is 6.10 Å². The zero-order valence-electron chi connectivity index (χ0n) is 13.0. The molecule has 1 fully saturated rings. The molecule has 0 saturated carbocycles. The molecule has 1 amide bonds. The number of thiazole rings is 1. The molecule has 1 saturated heterocycles. The van der Waals surface area contributed by atoms with Crippen molar-refractivity contribution in [2.45, 2.75) is 38.4 Å². The molecule has 1 N–H and O–H groups in total. The lowest BCUT2D eigenvalue weighted by Gasteiger charge is -2.23. The molecule has 2 aromatic heterocycles. The number of anilines is 1. The number of nitrogens with one attached hydrogen (secondary N) is 1. The summed E-state index contributed by atoms with van der Waals surface area (Å²) in [5, 5.41) is 5.15. The minimum Gasteiger partial charge on any atom is -0.463 e. The van der Waals surface area contributed by atoms with Crippen LogP contribution in [0.15, 0.2) is 28.2 Å². The van der Waals surface area contributed by atoms with Crippen molar-refractivity contribution in [3.05, 3.63) is 23.8 Å². The summed E-state index contributed by atoms with van der Waals surface area (Å²) in [5.41, 5.74) is 0.708. The average molecular weight is 336 g/mol. The van der Waals surface area contributed by atoms with E-state index in [4.69, 9.17) is 13.9 Å². The van der Waals surface area contributed by atoms with Gasteiger partial charge >= 0.3 is 0 Å². The van der Waals surface area contributed by atoms with Crippen LogP contribution in [0.3, 0.4) is 0 Å². The van der Waals surface area contributed by atoms with E-state index in [0.717, 1.165) is 25.9 Å². The van der Waals surface area contributed by atoms with Crippen molar-refractivity contribution < 1.29 is 18.7 Å². The Hall–Kier alpha value is -1.70. The standard InChI is InChI=1S/C16H20N2O4S/c1-11(22-9-12-5-2-3-7-20-12)15(19)18-16-17-13(10-23-16)14-6-4-8-21-14/h4,6,8,10-12H,2-3,5,7,9H2,1H3,(H,17,18,19)/t11-,12-/m1/s1. The highest BCUT2D eigenvalue weighted by Gasteiger charge is 2.20. The fraction of sp³-hybridized carbons (Fsp3) is 0.500. The summed E-state index contributed by atoms with van der Waals surface area (Å²) in [7, 11) is 0. The van der Waals surface area contributed by atoms with Gasteiger partial charge in [0.15, 0.2) is 10.9 Å². The first-order chi connectivity index (χ1) is 11.2. The summed E-state index contributed by atoms with van der Waals surface area (Å²) >= 11 is 1.36. The van der Waals surface area contributed by atoms with Gasteiger partial charge in [-0.05, 0) is 38.3 Å². The number of carbonyl (C=O) groups excluding carboxylic acids is 1. The molecule has 2 aromatic rings. The molecule has 0 aliphatic carbocycles. The van der Waals surface area contributed by atoms with E-state index in [9.17, 15) is 4.79 Å². The third kappa shape index (κ3) is 4.40. The van der Waals surface area contributed by atoms with Gasteiger partial charge in [-0.15, -0.1) is 11.3 Å². The minimum absolute atomic E-state index is 0.101. The number of ether oxygens (including phenoxy) is 2. The number of aromatic nitrogens is 1. The zero-order chi connectivity index (χ0) is 16.1. The van der Waals surface area contributed by atoms with Crippen LogP contribution in [0.4, 0.5) is 5.13 Å². The third-order valence-corrected chi connectivity index (χ3v) is 4.44. The summed E-state index contributed by atoms with van der Waals surface area (Å²) in [6.07, 6.45) is 4.40. The lowest BCUT2D eigenvalue weighted by Crippen LogP contribution is -2.32. The van der Waals surface area contributed by atoms with E-state index in [1.807, 2.05) is 11.4 Å². The van der Waals surface area contributed by atoms with Crippen molar-refractivity contribution in [3.63, 3.8) is 0 Å². The molecule has 1 aliphatic heterocycles. The van der Waals surface area contributed by atoms with Crippen LogP contribution in [-0.2, 0) is 14.3 Å². The first-order valence-corrected chi connectivity index (χ1v) is 8.64. The maximum absolute atomic E-state index is 12.1. The highest BCUT2D eigenvalue weighted by molar-refractivity contribution is 7.14. The van der Waals surface area contributed by atoms with E-state index in [2.05, 4.69) is 10.3 Å². The second-order valence-electron chi connectivity index (χ2n) is 5.47. The number of amides is 1. The molecule has 0 unspecified atom stereocenters. The van der Waals surface area contributed by atoms with Gasteiger partial charge in [-0.2, -0.15) is 0 Å². The fourth-order valence-corrected chi connectivity index (χ4v) is 3.04. The number of nitrogens with zero attached hydrogens (tertiary/aromatic N) is 1. The lowest BCUT2D eigenvalue weighted by atomic mass is 10.1. The smallest absolute Gasteiger partial charge is 0.254 e. The second-order valence-corrected chi connectivity index (χ2v) is 6.33. The molecule has 0 radical (unpaired) electrons. The van der Waals surface area contributed by atoms with Crippen molar-refractivity contribution in [3.8, 4) is 11.5 Å². The monoisotopic (exact) mass is 336 g/mol. The molecule has 3 rings (SSSR count). The Labute approximate surface area is 138 Å². The van der Waals surface area contributed by atoms with E-state index in [1.54, 1.807) is 19.3 Å². The molecule has 2 atom stereocenters. The molecular weight excluding hydrogens is 316 g/mol. The van der Waals surface area contributed by atoms with Gasteiger partial charge in [0.2, 0.25) is 0 Å². The fourth-order valence-electron chi connectivity index (χ4n) is 2.34. The molecule has 124 valence electrons. The number of hydrogen-bond acceptors (Lipinski definition) is 6. The van der Waals surface area contributed by atoms with Gasteiger partial charge < -0.3 is 13.9 Å². The van der Waals surface area contributed by atoms with Crippen molar-refractivity contribution >= 4 is 22.4 Å². The molecule has 7 heteroatoms. The second kappa shape index (κ2) is 7.72. The largest absolute Gasteiger partial charge is 0.463 e. The van der Waals surface area contributed by atoms with Crippen molar-refractivity contribution in [1.82, 2.24) is 4.98 Å². The van der Waals surface area contributed by atoms with Crippen LogP contribution in [0, 0.1) is 0 Å². The first kappa shape index (κ1) is 16.2. The van der Waals surface area contributed by atoms with Crippen molar-refractivity contribution in [2.24, 2.45) is 0 Å². The van der Waals surface area contributed by atoms with Crippen LogP contribution in [0.2, 0.25) is 0 Å². The maximum Gasteiger partial charge on any atom is 0.254 e. The highest BCUT2D eigenvalue weighted by atomic mass is 32.1. The molecule has 3 heterocycles. The van der Waals surface area contributed by atoms with Crippen LogP contribution in [0.5, 0.6) is 0 Å². The van der Waals surface area contributed by atoms with Gasteiger partial charge in [0, 0.05) is 12.0 Å². The van der Waals surface area contributed by atoms with E-state index in [1.165, 1.54) is 11.3 Å². The van der Waals surface area contributed by atoms with E-state index in [-0.39, 0.29) is 12.0 Å². The molecule has 1 aliphatic rings. The average Bonchev–Trinajstić information content (AvgIpc) is 3.24. The Morgan fingerprint density at radius 1 is 1.57 bits per heavy atom. The molecule has 0 bridgehead atoms. The Balaban J connectivity index is 1.48. The topological polar surface area (TPSA) is 73.6 Å². The molecular formula is C16H20N2O4S. The summed E-state index contributed by atoms with van der Waals surface area (Å²) in [6, 6.07) is 3.63. The number of carbonyl (C=O) groups is 1. The summed E-state index contributed by atoms with van der Waals surface area (Å²) in [6.45, 7) is 2.96. The van der Waals surface area contributed by atoms with Crippen molar-refractivity contribution in [2.75, 3.05) is 18.5 Å². The van der Waals surface area contributed by atoms with E-state index >= 15 is 0 Å². The first-order valence-electron chi connectivity index (χ1n) is 7.76. The zero-order valence-corrected chi connectivity index (χ0v) is 13.8. The Morgan fingerprint density at radius 3 is 3.22 bits per heavy atom. The Kier molecular flexibility index (Phi) is 5.43. The van der Waals surface area contributed by atoms with Crippen LogP contribution >= 0.6 is 11.3 Å². The molecule has 6 nitrogen and oxygen atoms in total. The lowest BCUT2D eigenvalue weighted by molar-refractivity contribution is -0.130.